The molecule has 4 rings (SSSR count). The highest BCUT2D eigenvalue weighted by Gasteiger charge is 2.19. The summed E-state index contributed by atoms with van der Waals surface area (Å²) in [7, 11) is -1.05. The van der Waals surface area contributed by atoms with Gasteiger partial charge in [0.25, 0.3) is 0 Å². The van der Waals surface area contributed by atoms with E-state index in [1.54, 1.807) is 11.8 Å². The second kappa shape index (κ2) is 12.3. The molecule has 9 heteroatoms. The molecule has 0 spiro atoms. The van der Waals surface area contributed by atoms with Crippen molar-refractivity contribution in [2.75, 3.05) is 0 Å². The van der Waals surface area contributed by atoms with E-state index >= 15 is 0 Å². The van der Waals surface area contributed by atoms with Crippen molar-refractivity contribution >= 4 is 43.5 Å². The monoisotopic (exact) mass is 532 g/mol. The third-order valence-corrected chi connectivity index (χ3v) is 6.05. The van der Waals surface area contributed by atoms with Crippen molar-refractivity contribution in [1.82, 2.24) is 0 Å². The van der Waals surface area contributed by atoms with Crippen LogP contribution in [0.2, 0.25) is 0 Å². The maximum absolute atomic E-state index is 12.5. The normalized spacial score (nSPS) is 10.6. The summed E-state index contributed by atoms with van der Waals surface area (Å²) in [5.41, 5.74) is 2.39. The van der Waals surface area contributed by atoms with Gasteiger partial charge in [-0.05, 0) is 69.4 Å². The third kappa shape index (κ3) is 7.01. The highest BCUT2D eigenvalue weighted by molar-refractivity contribution is 7.99. The van der Waals surface area contributed by atoms with E-state index in [0.29, 0.717) is 6.42 Å². The molecule has 4 aromatic rings. The minimum absolute atomic E-state index is 0.153. The molecule has 0 aromatic heterocycles. The molecule has 0 atom stereocenters. The second-order valence-electron chi connectivity index (χ2n) is 7.43. The Morgan fingerprint density at radius 1 is 0.778 bits per heavy atom. The van der Waals surface area contributed by atoms with Crippen LogP contribution >= 0.6 is 11.8 Å². The summed E-state index contributed by atoms with van der Waals surface area (Å²) >= 11 is 5.18. The van der Waals surface area contributed by atoms with Crippen molar-refractivity contribution in [3.8, 4) is 0 Å². The van der Waals surface area contributed by atoms with Gasteiger partial charge in [-0.2, -0.15) is 0 Å². The third-order valence-electron chi connectivity index (χ3n) is 4.70. The predicted molar refractivity (Wildman–Crippen MR) is 140 cm³/mol. The van der Waals surface area contributed by atoms with Crippen LogP contribution in [0.25, 0.3) is 0 Å². The standard InChI is InChI=1S/C21H18OS2.C6H3BF5/c1-15-3-2-4-16(13-15)14-21(22)17-5-9-19(10-6-17)24-20-11-7-18(23)8-12-20;7-1-2(8)4(10)6(12)5(11)3(1)9/h2-13,23H,14H2,1H3;7H3/q;-1/p+1. The van der Waals surface area contributed by atoms with E-state index in [0.717, 1.165) is 20.9 Å². The number of hydrogen-bond donors (Lipinski definition) is 0. The fourth-order valence-corrected chi connectivity index (χ4v) is 3.96. The largest absolute Gasteiger partial charge is 0.294 e. The molecule has 1 nitrogen and oxygen atoms in total. The summed E-state index contributed by atoms with van der Waals surface area (Å²) < 4.78 is 61.8. The lowest BCUT2D eigenvalue weighted by atomic mass is 9.94. The highest BCUT2D eigenvalue weighted by Crippen LogP contribution is 2.28. The van der Waals surface area contributed by atoms with Crippen molar-refractivity contribution < 1.29 is 26.7 Å². The number of aryl methyl sites for hydroxylation is 1. The predicted octanol–water partition coefficient (Wildman–Crippen LogP) is 5.31. The first-order chi connectivity index (χ1) is 17.1. The highest BCUT2D eigenvalue weighted by atomic mass is 32.2. The van der Waals surface area contributed by atoms with Crippen LogP contribution in [0.1, 0.15) is 21.5 Å². The summed E-state index contributed by atoms with van der Waals surface area (Å²) in [5.74, 6) is -8.98. The van der Waals surface area contributed by atoms with Crippen molar-refractivity contribution in [1.29, 1.82) is 0 Å². The maximum atomic E-state index is 12.5. The summed E-state index contributed by atoms with van der Waals surface area (Å²) in [5, 5.41) is 0. The molecular weight excluding hydrogens is 510 g/mol. The minimum atomic E-state index is -2.09. The number of rotatable bonds is 5. The van der Waals surface area contributed by atoms with Crippen molar-refractivity contribution in [2.24, 2.45) is 0 Å². The summed E-state index contributed by atoms with van der Waals surface area (Å²) in [6, 6.07) is 24.2. The van der Waals surface area contributed by atoms with Crippen molar-refractivity contribution in [2.45, 2.75) is 28.0 Å². The fraction of sp³-hybridized carbons (Fsp3) is 0.0741. The average Bonchev–Trinajstić information content (AvgIpc) is 2.87. The lowest BCUT2D eigenvalue weighted by Crippen LogP contribution is -2.20. The molecule has 0 bridgehead atoms. The number of hydrogen-bond acceptors (Lipinski definition) is 2. The first kappa shape index (κ1) is 27.6. The average molecular weight is 532 g/mol. The lowest BCUT2D eigenvalue weighted by molar-refractivity contribution is 0.0993. The van der Waals surface area contributed by atoms with Crippen LogP contribution < -0.4 is 5.46 Å². The van der Waals surface area contributed by atoms with Crippen LogP contribution in [0.5, 0.6) is 0 Å². The molecular formula is C27H22BF5OS2. The van der Waals surface area contributed by atoms with Crippen LogP contribution in [-0.4, -0.2) is 13.6 Å². The molecule has 36 heavy (non-hydrogen) atoms. The molecule has 0 saturated heterocycles. The van der Waals surface area contributed by atoms with Gasteiger partial charge < -0.3 is 0 Å². The van der Waals surface area contributed by atoms with Gasteiger partial charge in [0.2, 0.25) is 0 Å². The Labute approximate surface area is 216 Å². The molecule has 0 aliphatic heterocycles. The summed E-state index contributed by atoms with van der Waals surface area (Å²) in [6.07, 6.45) is 0.445. The zero-order valence-electron chi connectivity index (χ0n) is 18.3. The summed E-state index contributed by atoms with van der Waals surface area (Å²) in [4.78, 5) is 15.8. The molecule has 4 aromatic carbocycles. The SMILES string of the molecule is Cc1cccc(CC(=O)c2ccc(Sc3ccc([SH2+])cc3)cc2)c1.[BH3-]c1c(F)c(F)c(F)c(F)c1F. The van der Waals surface area contributed by atoms with Gasteiger partial charge in [-0.3, -0.25) is 4.79 Å². The smallest absolute Gasteiger partial charge is 0.200 e. The van der Waals surface area contributed by atoms with E-state index in [9.17, 15) is 26.7 Å². The van der Waals surface area contributed by atoms with Gasteiger partial charge in [0.15, 0.2) is 23.2 Å². The number of halogens is 5. The second-order valence-corrected chi connectivity index (χ2v) is 9.16. The Hall–Kier alpha value is -3.04. The number of Topliss-reactive ketones (excluding diaryl/α,β-unsaturated/α-hetero) is 1. The molecule has 0 radical (unpaired) electrons. The van der Waals surface area contributed by atoms with Gasteiger partial charge in [0.1, 0.15) is 16.5 Å². The van der Waals surface area contributed by atoms with Crippen LogP contribution in [0.4, 0.5) is 22.0 Å². The minimum Gasteiger partial charge on any atom is -0.294 e. The Kier molecular flexibility index (Phi) is 9.40. The number of carbonyl (C=O) groups is 1. The number of ketones is 1. The van der Waals surface area contributed by atoms with E-state index in [1.165, 1.54) is 10.5 Å². The van der Waals surface area contributed by atoms with Gasteiger partial charge in [0, 0.05) is 21.8 Å². The van der Waals surface area contributed by atoms with Crippen LogP contribution in [0, 0.1) is 36.0 Å². The molecule has 0 aliphatic carbocycles. The fourth-order valence-electron chi connectivity index (χ4n) is 2.97. The molecule has 0 amide bonds. The summed E-state index contributed by atoms with van der Waals surface area (Å²) in [6.45, 7) is 2.04. The van der Waals surface area contributed by atoms with Crippen LogP contribution in [0.3, 0.4) is 0 Å². The van der Waals surface area contributed by atoms with E-state index in [-0.39, 0.29) is 5.78 Å². The van der Waals surface area contributed by atoms with E-state index in [2.05, 4.69) is 30.8 Å². The molecule has 0 aliphatic rings. The topological polar surface area (TPSA) is 17.1 Å². The van der Waals surface area contributed by atoms with E-state index in [1.807, 2.05) is 61.5 Å². The molecule has 0 unspecified atom stereocenters. The Morgan fingerprint density at radius 3 is 1.81 bits per heavy atom. The number of benzene rings is 4. The zero-order valence-corrected chi connectivity index (χ0v) is 20.2. The molecule has 0 fully saturated rings. The molecule has 186 valence electrons. The first-order valence-electron chi connectivity index (χ1n) is 10.2. The Balaban J connectivity index is 0.000000253. The van der Waals surface area contributed by atoms with Gasteiger partial charge in [-0.15, -0.1) is 5.46 Å². The van der Waals surface area contributed by atoms with Crippen LogP contribution in [-0.2, 0) is 19.0 Å². The number of carbonyl (C=O) groups excluding carboxylic acids is 1. The zero-order chi connectivity index (χ0) is 26.4. The van der Waals surface area contributed by atoms with Gasteiger partial charge in [0.05, 0.1) is 0 Å². The van der Waals surface area contributed by atoms with Gasteiger partial charge in [-0.1, -0.05) is 53.7 Å². The Bertz CT molecular complexity index is 1270. The molecule has 0 saturated carbocycles. The maximum Gasteiger partial charge on any atom is 0.200 e. The quantitative estimate of drug-likeness (QED) is 0.0866. The van der Waals surface area contributed by atoms with Crippen molar-refractivity contribution in [3.63, 3.8) is 0 Å². The van der Waals surface area contributed by atoms with Crippen molar-refractivity contribution in [3.05, 3.63) is 119 Å². The van der Waals surface area contributed by atoms with Gasteiger partial charge in [-0.25, -0.2) is 22.0 Å². The lowest BCUT2D eigenvalue weighted by Gasteiger charge is -2.06. The van der Waals surface area contributed by atoms with E-state index in [4.69, 9.17) is 0 Å². The first-order valence-corrected chi connectivity index (χ1v) is 11.5. The van der Waals surface area contributed by atoms with Gasteiger partial charge >= 0.3 is 0 Å². The van der Waals surface area contributed by atoms with Crippen LogP contribution in [0.15, 0.2) is 87.5 Å². The Morgan fingerprint density at radius 2 is 1.28 bits per heavy atom. The molecule has 0 heterocycles. The molecule has 0 N–H and O–H groups in total. The van der Waals surface area contributed by atoms with E-state index < -0.39 is 42.4 Å².